The summed E-state index contributed by atoms with van der Waals surface area (Å²) in [5, 5.41) is 0. The minimum atomic E-state index is -0.392. The predicted octanol–water partition coefficient (Wildman–Crippen LogP) is 5.17. The van der Waals surface area contributed by atoms with Gasteiger partial charge in [0.25, 0.3) is 0 Å². The van der Waals surface area contributed by atoms with Gasteiger partial charge in [-0.25, -0.2) is 0 Å². The van der Waals surface area contributed by atoms with Gasteiger partial charge in [0.1, 0.15) is 11.9 Å². The normalized spacial score (nSPS) is 13.4. The number of esters is 1. The van der Waals surface area contributed by atoms with Crippen LogP contribution in [0, 0.1) is 16.2 Å². The summed E-state index contributed by atoms with van der Waals surface area (Å²) in [6.07, 6.45) is 2.03. The molecule has 0 radical (unpaired) electrons. The standard InChI is InChI=1S/C19H36O3/c1-17(2,3)12-14(13-18(4,5)6)22-16(21)11-10-15(20)19(7,8)9/h14H,10-13H2,1-9H3. The molecule has 0 fully saturated rings. The van der Waals surface area contributed by atoms with Crippen molar-refractivity contribution in [2.45, 2.75) is 94.1 Å². The van der Waals surface area contributed by atoms with Gasteiger partial charge in [-0.1, -0.05) is 62.3 Å². The molecule has 0 saturated heterocycles. The molecular weight excluding hydrogens is 276 g/mol. The Morgan fingerprint density at radius 1 is 0.773 bits per heavy atom. The van der Waals surface area contributed by atoms with Gasteiger partial charge in [-0.15, -0.1) is 0 Å². The number of carbonyl (C=O) groups excluding carboxylic acids is 2. The maximum Gasteiger partial charge on any atom is 0.306 e. The Labute approximate surface area is 137 Å². The van der Waals surface area contributed by atoms with Crippen LogP contribution in [0.25, 0.3) is 0 Å². The Bertz CT molecular complexity index is 359. The number of carbonyl (C=O) groups is 2. The smallest absolute Gasteiger partial charge is 0.306 e. The lowest BCUT2D eigenvalue weighted by atomic mass is 9.82. The molecule has 22 heavy (non-hydrogen) atoms. The molecule has 0 N–H and O–H groups in total. The molecule has 3 heteroatoms. The summed E-state index contributed by atoms with van der Waals surface area (Å²) < 4.78 is 5.67. The van der Waals surface area contributed by atoms with Crippen molar-refractivity contribution in [2.24, 2.45) is 16.2 Å². The number of hydrogen-bond donors (Lipinski definition) is 0. The topological polar surface area (TPSA) is 43.4 Å². The first kappa shape index (κ1) is 21.1. The number of ether oxygens (including phenoxy) is 1. The average Bonchev–Trinajstić information content (AvgIpc) is 2.19. The van der Waals surface area contributed by atoms with Crippen LogP contribution in [0.3, 0.4) is 0 Å². The van der Waals surface area contributed by atoms with Gasteiger partial charge in [0, 0.05) is 11.8 Å². The van der Waals surface area contributed by atoms with Crippen LogP contribution in [0.4, 0.5) is 0 Å². The summed E-state index contributed by atoms with van der Waals surface area (Å²) >= 11 is 0. The fourth-order valence-electron chi connectivity index (χ4n) is 2.36. The third-order valence-electron chi connectivity index (χ3n) is 3.37. The van der Waals surface area contributed by atoms with E-state index in [9.17, 15) is 9.59 Å². The second kappa shape index (κ2) is 7.61. The van der Waals surface area contributed by atoms with Gasteiger partial charge in [-0.3, -0.25) is 9.59 Å². The van der Waals surface area contributed by atoms with Gasteiger partial charge in [-0.2, -0.15) is 0 Å². The lowest BCUT2D eigenvalue weighted by molar-refractivity contribution is -0.153. The highest BCUT2D eigenvalue weighted by molar-refractivity contribution is 5.86. The average molecular weight is 312 g/mol. The van der Waals surface area contributed by atoms with E-state index in [0.29, 0.717) is 0 Å². The fourth-order valence-corrected chi connectivity index (χ4v) is 2.36. The van der Waals surface area contributed by atoms with E-state index in [-0.39, 0.29) is 41.5 Å². The molecular formula is C19H36O3. The maximum absolute atomic E-state index is 12.1. The van der Waals surface area contributed by atoms with Crippen LogP contribution in [-0.2, 0) is 14.3 Å². The minimum absolute atomic E-state index is 0.0859. The van der Waals surface area contributed by atoms with Crippen LogP contribution in [0.5, 0.6) is 0 Å². The maximum atomic E-state index is 12.1. The van der Waals surface area contributed by atoms with E-state index in [2.05, 4.69) is 41.5 Å². The van der Waals surface area contributed by atoms with Gasteiger partial charge in [0.15, 0.2) is 0 Å². The van der Waals surface area contributed by atoms with Crippen LogP contribution in [0.15, 0.2) is 0 Å². The molecule has 0 aromatic rings. The molecule has 0 rings (SSSR count). The summed E-state index contributed by atoms with van der Waals surface area (Å²) in [6.45, 7) is 18.5. The summed E-state index contributed by atoms with van der Waals surface area (Å²) in [5.74, 6) is -0.149. The summed E-state index contributed by atoms with van der Waals surface area (Å²) in [6, 6.07) is 0. The Morgan fingerprint density at radius 2 is 1.18 bits per heavy atom. The summed E-state index contributed by atoms with van der Waals surface area (Å²) in [7, 11) is 0. The van der Waals surface area contributed by atoms with Crippen LogP contribution in [-0.4, -0.2) is 17.9 Å². The highest BCUT2D eigenvalue weighted by Crippen LogP contribution is 2.30. The monoisotopic (exact) mass is 312 g/mol. The molecule has 0 heterocycles. The number of Topliss-reactive ketones (excluding diaryl/α,β-unsaturated/α-hetero) is 1. The van der Waals surface area contributed by atoms with E-state index in [1.165, 1.54) is 0 Å². The van der Waals surface area contributed by atoms with Crippen molar-refractivity contribution in [3.8, 4) is 0 Å². The van der Waals surface area contributed by atoms with Crippen molar-refractivity contribution in [2.75, 3.05) is 0 Å². The molecule has 0 saturated carbocycles. The zero-order chi connectivity index (χ0) is 17.8. The molecule has 0 atom stereocenters. The lowest BCUT2D eigenvalue weighted by Gasteiger charge is -2.30. The number of ketones is 1. The van der Waals surface area contributed by atoms with Crippen molar-refractivity contribution in [3.63, 3.8) is 0 Å². The molecule has 0 aromatic carbocycles. The molecule has 0 bridgehead atoms. The zero-order valence-electron chi connectivity index (χ0n) is 16.1. The molecule has 130 valence electrons. The SMILES string of the molecule is CC(C)(C)CC(CC(C)(C)C)OC(=O)CCC(=O)C(C)(C)C. The number of rotatable bonds is 6. The van der Waals surface area contributed by atoms with Gasteiger partial charge >= 0.3 is 5.97 Å². The molecule has 0 amide bonds. The molecule has 0 unspecified atom stereocenters. The predicted molar refractivity (Wildman–Crippen MR) is 91.7 cm³/mol. The molecule has 0 aromatic heterocycles. The highest BCUT2D eigenvalue weighted by atomic mass is 16.5. The highest BCUT2D eigenvalue weighted by Gasteiger charge is 2.27. The molecule has 3 nitrogen and oxygen atoms in total. The van der Waals surface area contributed by atoms with Crippen LogP contribution in [0.1, 0.15) is 88.0 Å². The van der Waals surface area contributed by atoms with Gasteiger partial charge in [0.05, 0.1) is 6.42 Å². The van der Waals surface area contributed by atoms with E-state index >= 15 is 0 Å². The second-order valence-electron chi connectivity index (χ2n) is 9.81. The first-order valence-corrected chi connectivity index (χ1v) is 8.33. The largest absolute Gasteiger partial charge is 0.462 e. The van der Waals surface area contributed by atoms with E-state index in [1.54, 1.807) is 0 Å². The Kier molecular flexibility index (Phi) is 7.31. The van der Waals surface area contributed by atoms with Gasteiger partial charge in [-0.05, 0) is 23.7 Å². The van der Waals surface area contributed by atoms with Gasteiger partial charge in [0.2, 0.25) is 0 Å². The summed E-state index contributed by atoms with van der Waals surface area (Å²) in [4.78, 5) is 24.0. The Morgan fingerprint density at radius 3 is 1.50 bits per heavy atom. The van der Waals surface area contributed by atoms with E-state index in [1.807, 2.05) is 20.8 Å². The first-order valence-electron chi connectivity index (χ1n) is 8.33. The van der Waals surface area contributed by atoms with Crippen molar-refractivity contribution in [3.05, 3.63) is 0 Å². The Hall–Kier alpha value is -0.860. The first-order chi connectivity index (χ1) is 9.60. The van der Waals surface area contributed by atoms with E-state index < -0.39 is 5.41 Å². The van der Waals surface area contributed by atoms with Crippen molar-refractivity contribution < 1.29 is 14.3 Å². The third-order valence-corrected chi connectivity index (χ3v) is 3.37. The minimum Gasteiger partial charge on any atom is -0.462 e. The molecule has 0 aliphatic carbocycles. The van der Waals surface area contributed by atoms with Crippen molar-refractivity contribution >= 4 is 11.8 Å². The molecule has 0 aliphatic rings. The summed E-state index contributed by atoms with van der Waals surface area (Å²) in [5.41, 5.74) is -0.175. The van der Waals surface area contributed by atoms with E-state index in [0.717, 1.165) is 12.8 Å². The van der Waals surface area contributed by atoms with Gasteiger partial charge < -0.3 is 4.74 Å². The second-order valence-corrected chi connectivity index (χ2v) is 9.81. The molecule has 0 spiro atoms. The Balaban J connectivity index is 4.59. The van der Waals surface area contributed by atoms with Crippen LogP contribution >= 0.6 is 0 Å². The lowest BCUT2D eigenvalue weighted by Crippen LogP contribution is -2.29. The van der Waals surface area contributed by atoms with Crippen molar-refractivity contribution in [1.29, 1.82) is 0 Å². The van der Waals surface area contributed by atoms with E-state index in [4.69, 9.17) is 4.74 Å². The van der Waals surface area contributed by atoms with Crippen molar-refractivity contribution in [1.82, 2.24) is 0 Å². The third kappa shape index (κ3) is 10.8. The quantitative estimate of drug-likeness (QED) is 0.636. The molecule has 0 aliphatic heterocycles. The fraction of sp³-hybridized carbons (Fsp3) is 0.895. The van der Waals surface area contributed by atoms with Crippen LogP contribution < -0.4 is 0 Å². The van der Waals surface area contributed by atoms with Crippen LogP contribution in [0.2, 0.25) is 0 Å². The zero-order valence-corrected chi connectivity index (χ0v) is 16.1. The number of hydrogen-bond acceptors (Lipinski definition) is 3.